The molecule has 4 rings (SSSR count). The fourth-order valence-electron chi connectivity index (χ4n) is 3.33. The minimum absolute atomic E-state index is 0.0337. The molecule has 0 saturated heterocycles. The van der Waals surface area contributed by atoms with Gasteiger partial charge < -0.3 is 9.47 Å². The number of hydrogen-bond donors (Lipinski definition) is 1. The average molecular weight is 500 g/mol. The van der Waals surface area contributed by atoms with Crippen LogP contribution in [0.25, 0.3) is 17.2 Å². The van der Waals surface area contributed by atoms with Gasteiger partial charge in [0.1, 0.15) is 28.7 Å². The molecule has 0 saturated carbocycles. The van der Waals surface area contributed by atoms with Crippen molar-refractivity contribution >= 4 is 16.0 Å². The molecule has 0 aliphatic heterocycles. The van der Waals surface area contributed by atoms with Gasteiger partial charge in [-0.05, 0) is 31.2 Å². The van der Waals surface area contributed by atoms with E-state index in [0.29, 0.717) is 22.9 Å². The number of nitrogens with zero attached hydrogens (tertiary/aromatic N) is 6. The first kappa shape index (κ1) is 24.0. The molecular formula is C22H22FN7O4S. The van der Waals surface area contributed by atoms with Crippen molar-refractivity contribution in [1.29, 1.82) is 0 Å². The molecule has 1 aromatic carbocycles. The molecule has 0 atom stereocenters. The van der Waals surface area contributed by atoms with E-state index in [-0.39, 0.29) is 29.8 Å². The number of aromatic nitrogens is 6. The number of halogens is 1. The van der Waals surface area contributed by atoms with Gasteiger partial charge in [-0.3, -0.25) is 9.29 Å². The number of aryl methyl sites for hydroxylation is 2. The second-order valence-electron chi connectivity index (χ2n) is 7.35. The van der Waals surface area contributed by atoms with Crippen LogP contribution in [-0.4, -0.2) is 58.1 Å². The molecule has 13 heteroatoms. The maximum absolute atomic E-state index is 13.0. The molecule has 1 N–H and O–H groups in total. The Kier molecular flexibility index (Phi) is 6.87. The Balaban J connectivity index is 1.78. The zero-order chi connectivity index (χ0) is 25.0. The van der Waals surface area contributed by atoms with E-state index in [2.05, 4.69) is 29.9 Å². The summed E-state index contributed by atoms with van der Waals surface area (Å²) in [7, 11) is -0.967. The fraction of sp³-hybridized carbons (Fsp3) is 0.227. The molecule has 35 heavy (non-hydrogen) atoms. The Morgan fingerprint density at radius 3 is 2.29 bits per heavy atom. The third-order valence-corrected chi connectivity index (χ3v) is 6.16. The average Bonchev–Trinajstić information content (AvgIpc) is 3.25. The minimum Gasteiger partial charge on any atom is -0.494 e. The van der Waals surface area contributed by atoms with Gasteiger partial charge in [-0.15, -0.1) is 10.2 Å². The number of ether oxygens (including phenoxy) is 2. The maximum Gasteiger partial charge on any atom is 0.243 e. The highest BCUT2D eigenvalue weighted by Gasteiger charge is 2.25. The Bertz CT molecular complexity index is 1420. The minimum atomic E-state index is -3.94. The van der Waals surface area contributed by atoms with Gasteiger partial charge in [0, 0.05) is 12.1 Å². The summed E-state index contributed by atoms with van der Waals surface area (Å²) in [5, 5.41) is 8.30. The normalized spacial score (nSPS) is 11.3. The van der Waals surface area contributed by atoms with Crippen LogP contribution in [0.2, 0.25) is 0 Å². The van der Waals surface area contributed by atoms with Crippen LogP contribution in [0.4, 0.5) is 10.3 Å². The van der Waals surface area contributed by atoms with Crippen molar-refractivity contribution in [3.05, 3.63) is 66.1 Å². The van der Waals surface area contributed by atoms with Crippen LogP contribution < -0.4 is 14.2 Å². The highest BCUT2D eigenvalue weighted by molar-refractivity contribution is 7.92. The lowest BCUT2D eigenvalue weighted by molar-refractivity contribution is 0.391. The molecule has 0 bridgehead atoms. The van der Waals surface area contributed by atoms with Gasteiger partial charge in [-0.2, -0.15) is 0 Å². The van der Waals surface area contributed by atoms with E-state index >= 15 is 0 Å². The molecule has 0 fully saturated rings. The van der Waals surface area contributed by atoms with Crippen LogP contribution in [0.3, 0.4) is 0 Å². The highest BCUT2D eigenvalue weighted by atomic mass is 32.2. The third kappa shape index (κ3) is 5.35. The first-order valence-corrected chi connectivity index (χ1v) is 12.0. The first-order valence-electron chi connectivity index (χ1n) is 10.4. The Morgan fingerprint density at radius 2 is 1.66 bits per heavy atom. The van der Waals surface area contributed by atoms with E-state index < -0.39 is 15.8 Å². The van der Waals surface area contributed by atoms with Crippen LogP contribution in [0.15, 0.2) is 48.8 Å². The van der Waals surface area contributed by atoms with Crippen molar-refractivity contribution in [3.63, 3.8) is 0 Å². The van der Waals surface area contributed by atoms with Crippen LogP contribution in [0.5, 0.6) is 11.5 Å². The fourth-order valence-corrected chi connectivity index (χ4v) is 4.30. The Morgan fingerprint density at radius 1 is 1.00 bits per heavy atom. The number of benzene rings is 1. The zero-order valence-electron chi connectivity index (χ0n) is 19.1. The standard InChI is InChI=1S/C22H22FN7O4S/c1-14-6-4-7-16(26-14)21-27-28-22(30(21)20-17(33-2)8-5-9-18(20)34-3)29-35(31,32)11-10-19-24-12-15(23)13-25-19/h4-9,12-13H,10-11H2,1-3H3,(H,28,29). The summed E-state index contributed by atoms with van der Waals surface area (Å²) >= 11 is 0. The van der Waals surface area contributed by atoms with Crippen LogP contribution in [0, 0.1) is 12.7 Å². The molecule has 4 aromatic rings. The van der Waals surface area contributed by atoms with E-state index in [9.17, 15) is 12.8 Å². The topological polar surface area (TPSA) is 134 Å². The maximum atomic E-state index is 13.0. The summed E-state index contributed by atoms with van der Waals surface area (Å²) in [5.74, 6) is 0.200. The summed E-state index contributed by atoms with van der Waals surface area (Å²) in [6.45, 7) is 1.83. The van der Waals surface area contributed by atoms with E-state index in [0.717, 1.165) is 18.1 Å². The summed E-state index contributed by atoms with van der Waals surface area (Å²) in [4.78, 5) is 12.1. The summed E-state index contributed by atoms with van der Waals surface area (Å²) in [6, 6.07) is 10.5. The monoisotopic (exact) mass is 499 g/mol. The van der Waals surface area contributed by atoms with Crippen LogP contribution in [0.1, 0.15) is 11.5 Å². The van der Waals surface area contributed by atoms with Crippen molar-refractivity contribution in [3.8, 4) is 28.7 Å². The molecule has 0 aliphatic rings. The van der Waals surface area contributed by atoms with Gasteiger partial charge in [0.05, 0.1) is 32.4 Å². The van der Waals surface area contributed by atoms with Crippen molar-refractivity contribution in [1.82, 2.24) is 29.7 Å². The van der Waals surface area contributed by atoms with E-state index in [1.807, 2.05) is 19.1 Å². The van der Waals surface area contributed by atoms with E-state index in [1.54, 1.807) is 24.3 Å². The molecule has 3 aromatic heterocycles. The van der Waals surface area contributed by atoms with Gasteiger partial charge in [0.15, 0.2) is 11.6 Å². The molecule has 3 heterocycles. The zero-order valence-corrected chi connectivity index (χ0v) is 20.0. The van der Waals surface area contributed by atoms with Crippen LogP contribution in [-0.2, 0) is 16.4 Å². The smallest absolute Gasteiger partial charge is 0.243 e. The van der Waals surface area contributed by atoms with Gasteiger partial charge in [0.25, 0.3) is 0 Å². The number of pyridine rings is 1. The Labute approximate surface area is 201 Å². The number of anilines is 1. The molecule has 0 spiro atoms. The molecule has 0 aliphatic carbocycles. The van der Waals surface area contributed by atoms with Crippen molar-refractivity contribution in [2.75, 3.05) is 24.7 Å². The molecule has 11 nitrogen and oxygen atoms in total. The van der Waals surface area contributed by atoms with Gasteiger partial charge in [-0.25, -0.2) is 27.8 Å². The predicted molar refractivity (Wildman–Crippen MR) is 126 cm³/mol. The Hall–Kier alpha value is -4.13. The first-order chi connectivity index (χ1) is 16.8. The van der Waals surface area contributed by atoms with Gasteiger partial charge >= 0.3 is 0 Å². The number of rotatable bonds is 9. The number of hydrogen-bond acceptors (Lipinski definition) is 9. The van der Waals surface area contributed by atoms with E-state index in [4.69, 9.17) is 9.47 Å². The third-order valence-electron chi connectivity index (χ3n) is 4.92. The lowest BCUT2D eigenvalue weighted by Gasteiger charge is -2.17. The quantitative estimate of drug-likeness (QED) is 0.369. The summed E-state index contributed by atoms with van der Waals surface area (Å²) < 4.78 is 53.9. The largest absolute Gasteiger partial charge is 0.494 e. The molecular weight excluding hydrogens is 477 g/mol. The van der Waals surface area contributed by atoms with Crippen molar-refractivity contribution in [2.24, 2.45) is 0 Å². The summed E-state index contributed by atoms with van der Waals surface area (Å²) in [6.07, 6.45) is 1.93. The number of sulfonamides is 1. The van der Waals surface area contributed by atoms with Crippen LogP contribution >= 0.6 is 0 Å². The lowest BCUT2D eigenvalue weighted by atomic mass is 10.2. The highest BCUT2D eigenvalue weighted by Crippen LogP contribution is 2.37. The SMILES string of the molecule is COc1cccc(OC)c1-n1c(NS(=O)(=O)CCc2ncc(F)cn2)nnc1-c1cccc(C)n1. The molecule has 0 radical (unpaired) electrons. The number of nitrogens with one attached hydrogen (secondary N) is 1. The van der Waals surface area contributed by atoms with Crippen molar-refractivity contribution in [2.45, 2.75) is 13.3 Å². The van der Waals surface area contributed by atoms with Gasteiger partial charge in [0.2, 0.25) is 16.0 Å². The molecule has 182 valence electrons. The molecule has 0 unspecified atom stereocenters. The second kappa shape index (κ2) is 10.0. The lowest BCUT2D eigenvalue weighted by Crippen LogP contribution is -2.21. The van der Waals surface area contributed by atoms with Crippen molar-refractivity contribution < 1.29 is 22.3 Å². The molecule has 0 amide bonds. The number of methoxy groups -OCH3 is 2. The predicted octanol–water partition coefficient (Wildman–Crippen LogP) is 2.57. The van der Waals surface area contributed by atoms with Gasteiger partial charge in [-0.1, -0.05) is 12.1 Å². The number of para-hydroxylation sites is 1. The second-order valence-corrected chi connectivity index (χ2v) is 9.19. The summed E-state index contributed by atoms with van der Waals surface area (Å²) in [5.41, 5.74) is 1.60. The van der Waals surface area contributed by atoms with E-state index in [1.165, 1.54) is 18.8 Å².